The molecule has 0 fully saturated rings. The lowest BCUT2D eigenvalue weighted by Crippen LogP contribution is -1.82. The van der Waals surface area contributed by atoms with Gasteiger partial charge in [-0.25, -0.2) is 0 Å². The van der Waals surface area contributed by atoms with Crippen LogP contribution in [0.4, 0.5) is 0 Å². The first-order valence-corrected chi connectivity index (χ1v) is 9.60. The first kappa shape index (κ1) is 15.3. The molecule has 0 spiro atoms. The molecule has 0 atom stereocenters. The van der Waals surface area contributed by atoms with E-state index in [0.29, 0.717) is 0 Å². The van der Waals surface area contributed by atoms with Gasteiger partial charge in [0.25, 0.3) is 0 Å². The second-order valence-electron chi connectivity index (χ2n) is 6.91. The van der Waals surface area contributed by atoms with Crippen LogP contribution in [0.3, 0.4) is 0 Å². The van der Waals surface area contributed by atoms with Crippen molar-refractivity contribution in [3.05, 3.63) is 88.9 Å². The number of halogens is 2. The summed E-state index contributed by atoms with van der Waals surface area (Å²) in [5.74, 6) is 0. The molecule has 6 aromatic rings. The molecule has 2 aromatic heterocycles. The van der Waals surface area contributed by atoms with Gasteiger partial charge in [0.2, 0.25) is 0 Å². The number of benzene rings is 4. The van der Waals surface area contributed by atoms with Crippen molar-refractivity contribution in [2.45, 2.75) is 0 Å². The Labute approximate surface area is 165 Å². The van der Waals surface area contributed by atoms with Crippen molar-refractivity contribution in [2.75, 3.05) is 0 Å². The molecule has 4 aromatic carbocycles. The topological polar surface area (TPSA) is 4.41 Å². The monoisotopic (exact) mass is 385 g/mol. The van der Waals surface area contributed by atoms with Crippen molar-refractivity contribution in [1.29, 1.82) is 0 Å². The minimum Gasteiger partial charge on any atom is -0.308 e. The Kier molecular flexibility index (Phi) is 3.06. The van der Waals surface area contributed by atoms with E-state index in [1.54, 1.807) is 0 Å². The van der Waals surface area contributed by atoms with Crippen LogP contribution in [0.1, 0.15) is 0 Å². The smallest absolute Gasteiger partial charge is 0.0635 e. The van der Waals surface area contributed by atoms with Gasteiger partial charge in [-0.15, -0.1) is 0 Å². The van der Waals surface area contributed by atoms with Gasteiger partial charge in [-0.1, -0.05) is 77.8 Å². The van der Waals surface area contributed by atoms with Gasteiger partial charge in [-0.2, -0.15) is 0 Å². The fourth-order valence-electron chi connectivity index (χ4n) is 4.30. The number of fused-ring (bicyclic) bond motifs is 6. The van der Waals surface area contributed by atoms with Crippen molar-refractivity contribution in [3.8, 4) is 11.1 Å². The van der Waals surface area contributed by atoms with Crippen molar-refractivity contribution in [1.82, 2.24) is 4.40 Å². The van der Waals surface area contributed by atoms with Crippen molar-refractivity contribution in [2.24, 2.45) is 0 Å². The average Bonchev–Trinajstić information content (AvgIpc) is 3.20. The third-order valence-electron chi connectivity index (χ3n) is 5.46. The molecule has 0 aliphatic heterocycles. The van der Waals surface area contributed by atoms with Crippen LogP contribution in [0.2, 0.25) is 10.0 Å². The van der Waals surface area contributed by atoms with Crippen LogP contribution in [0, 0.1) is 0 Å². The minimum absolute atomic E-state index is 0.738. The molecule has 0 aliphatic rings. The summed E-state index contributed by atoms with van der Waals surface area (Å²) >= 11 is 13.0. The second kappa shape index (κ2) is 5.39. The van der Waals surface area contributed by atoms with Crippen molar-refractivity contribution >= 4 is 61.3 Å². The number of aromatic nitrogens is 1. The quantitative estimate of drug-likeness (QED) is 0.271. The van der Waals surface area contributed by atoms with E-state index in [1.165, 1.54) is 32.8 Å². The van der Waals surface area contributed by atoms with Crippen molar-refractivity contribution in [3.63, 3.8) is 0 Å². The van der Waals surface area contributed by atoms with Crippen LogP contribution in [0.25, 0.3) is 49.2 Å². The van der Waals surface area contributed by atoms with E-state index in [-0.39, 0.29) is 0 Å². The first-order valence-electron chi connectivity index (χ1n) is 8.85. The van der Waals surface area contributed by atoms with Crippen LogP contribution in [-0.2, 0) is 0 Å². The lowest BCUT2D eigenvalue weighted by atomic mass is 10.0. The Bertz CT molecular complexity index is 1480. The fourth-order valence-corrected chi connectivity index (χ4v) is 4.72. The molecule has 0 saturated heterocycles. The summed E-state index contributed by atoms with van der Waals surface area (Å²) in [6.07, 6.45) is 0. The lowest BCUT2D eigenvalue weighted by Gasteiger charge is -2.04. The Morgan fingerprint density at radius 1 is 0.593 bits per heavy atom. The summed E-state index contributed by atoms with van der Waals surface area (Å²) < 4.78 is 2.31. The highest BCUT2D eigenvalue weighted by atomic mass is 35.5. The molecule has 6 rings (SSSR count). The predicted molar refractivity (Wildman–Crippen MR) is 117 cm³/mol. The standard InChI is InChI=1S/C24H13Cl2N/c25-16-7-9-17-18-10-11-20(26)23-19-8-6-15(14-4-2-1-3-5-14)12-21(19)27(24(18)23)22(17)13-16/h1-13H. The minimum atomic E-state index is 0.738. The van der Waals surface area contributed by atoms with E-state index in [1.807, 2.05) is 24.3 Å². The van der Waals surface area contributed by atoms with Gasteiger partial charge in [0, 0.05) is 26.6 Å². The summed E-state index contributed by atoms with van der Waals surface area (Å²) in [6, 6.07) is 27.2. The molecule has 0 saturated carbocycles. The maximum absolute atomic E-state index is 6.64. The Morgan fingerprint density at radius 2 is 1.33 bits per heavy atom. The van der Waals surface area contributed by atoms with Crippen LogP contribution in [0.15, 0.2) is 78.9 Å². The zero-order chi connectivity index (χ0) is 18.1. The summed E-state index contributed by atoms with van der Waals surface area (Å²) in [4.78, 5) is 0. The third-order valence-corrected chi connectivity index (χ3v) is 6.01. The maximum Gasteiger partial charge on any atom is 0.0635 e. The normalized spacial score (nSPS) is 12.1. The molecule has 0 bridgehead atoms. The zero-order valence-electron chi connectivity index (χ0n) is 14.2. The van der Waals surface area contributed by atoms with Gasteiger partial charge in [-0.3, -0.25) is 0 Å². The molecule has 0 aliphatic carbocycles. The predicted octanol–water partition coefficient (Wildman–Crippen LogP) is 7.81. The average molecular weight is 386 g/mol. The largest absolute Gasteiger partial charge is 0.308 e. The summed E-state index contributed by atoms with van der Waals surface area (Å²) in [7, 11) is 0. The molecular formula is C24H13Cl2N. The zero-order valence-corrected chi connectivity index (χ0v) is 15.7. The van der Waals surface area contributed by atoms with Crippen LogP contribution in [-0.4, -0.2) is 4.40 Å². The molecule has 0 unspecified atom stereocenters. The molecule has 3 heteroatoms. The SMILES string of the molecule is Clc1ccc2c3ccc(Cl)c4c5ccc(-c6ccccc6)cc5n(c2c1)c34. The van der Waals surface area contributed by atoms with E-state index < -0.39 is 0 Å². The first-order chi connectivity index (χ1) is 13.2. The van der Waals surface area contributed by atoms with Crippen LogP contribution < -0.4 is 0 Å². The summed E-state index contributed by atoms with van der Waals surface area (Å²) in [5, 5.41) is 6.20. The maximum atomic E-state index is 6.64. The van der Waals surface area contributed by atoms with Gasteiger partial charge in [0.1, 0.15) is 0 Å². The van der Waals surface area contributed by atoms with Gasteiger partial charge in [0.05, 0.1) is 21.6 Å². The molecule has 27 heavy (non-hydrogen) atoms. The molecular weight excluding hydrogens is 373 g/mol. The van der Waals surface area contributed by atoms with Gasteiger partial charge < -0.3 is 4.40 Å². The highest BCUT2D eigenvalue weighted by Crippen LogP contribution is 2.43. The van der Waals surface area contributed by atoms with E-state index in [2.05, 4.69) is 59.0 Å². The molecule has 0 amide bonds. The van der Waals surface area contributed by atoms with Gasteiger partial charge >= 0.3 is 0 Å². The number of rotatable bonds is 1. The third kappa shape index (κ3) is 2.01. The number of nitrogens with zero attached hydrogens (tertiary/aromatic N) is 1. The van der Waals surface area contributed by atoms with Gasteiger partial charge in [0.15, 0.2) is 0 Å². The highest BCUT2D eigenvalue weighted by molar-refractivity contribution is 6.40. The Morgan fingerprint density at radius 3 is 2.19 bits per heavy atom. The van der Waals surface area contributed by atoms with Gasteiger partial charge in [-0.05, 0) is 35.4 Å². The second-order valence-corrected chi connectivity index (χ2v) is 7.76. The number of hydrogen-bond acceptors (Lipinski definition) is 0. The summed E-state index contributed by atoms with van der Waals surface area (Å²) in [6.45, 7) is 0. The van der Waals surface area contributed by atoms with Crippen molar-refractivity contribution < 1.29 is 0 Å². The molecule has 1 nitrogen and oxygen atoms in total. The summed E-state index contributed by atoms with van der Waals surface area (Å²) in [5.41, 5.74) is 5.83. The molecule has 0 radical (unpaired) electrons. The fraction of sp³-hybridized carbons (Fsp3) is 0. The molecule has 2 heterocycles. The van der Waals surface area contributed by atoms with E-state index in [9.17, 15) is 0 Å². The Hall–Kier alpha value is -2.74. The van der Waals surface area contributed by atoms with Crippen LogP contribution in [0.5, 0.6) is 0 Å². The van der Waals surface area contributed by atoms with Crippen LogP contribution >= 0.6 is 23.2 Å². The molecule has 0 N–H and O–H groups in total. The lowest BCUT2D eigenvalue weighted by molar-refractivity contribution is 1.37. The highest BCUT2D eigenvalue weighted by Gasteiger charge is 2.19. The van der Waals surface area contributed by atoms with E-state index in [4.69, 9.17) is 23.2 Å². The van der Waals surface area contributed by atoms with E-state index >= 15 is 0 Å². The Balaban J connectivity index is 1.87. The molecule has 128 valence electrons. The number of hydrogen-bond donors (Lipinski definition) is 0. The van der Waals surface area contributed by atoms with E-state index in [0.717, 1.165) is 26.5 Å².